The van der Waals surface area contributed by atoms with E-state index in [4.69, 9.17) is 5.26 Å². The van der Waals surface area contributed by atoms with Crippen molar-refractivity contribution in [3.05, 3.63) is 12.2 Å². The molecule has 7 heavy (non-hydrogen) atoms. The molecule has 0 rings (SSSR count). The molecular weight excluding hydrogens is 106 g/mol. The van der Waals surface area contributed by atoms with Gasteiger partial charge in [0.15, 0.2) is 0 Å². The molecule has 2 heteroatoms. The molecule has 1 nitrogen and oxygen atoms in total. The van der Waals surface area contributed by atoms with Crippen molar-refractivity contribution in [2.45, 2.75) is 6.42 Å². The Bertz CT molecular complexity index is 90.7. The van der Waals surface area contributed by atoms with Gasteiger partial charge in [-0.1, -0.05) is 24.8 Å². The maximum absolute atomic E-state index is 7.96. The SMILES string of the molecule is N#CCC=CC[S]. The van der Waals surface area contributed by atoms with Gasteiger partial charge in [-0.15, -0.1) is 0 Å². The van der Waals surface area contributed by atoms with E-state index in [1.165, 1.54) is 0 Å². The quantitative estimate of drug-likeness (QED) is 0.498. The van der Waals surface area contributed by atoms with Crippen LogP contribution in [0.25, 0.3) is 0 Å². The van der Waals surface area contributed by atoms with E-state index >= 15 is 0 Å². The van der Waals surface area contributed by atoms with Crippen molar-refractivity contribution in [1.29, 1.82) is 5.26 Å². The van der Waals surface area contributed by atoms with Gasteiger partial charge in [0.25, 0.3) is 0 Å². The molecule has 0 aliphatic rings. The van der Waals surface area contributed by atoms with Crippen molar-refractivity contribution in [2.75, 3.05) is 5.75 Å². The monoisotopic (exact) mass is 112 g/mol. The van der Waals surface area contributed by atoms with Gasteiger partial charge in [-0.2, -0.15) is 5.26 Å². The molecule has 0 amide bonds. The summed E-state index contributed by atoms with van der Waals surface area (Å²) in [6, 6.07) is 1.97. The second-order valence-corrected chi connectivity index (χ2v) is 1.33. The first-order valence-electron chi connectivity index (χ1n) is 2.02. The number of allylic oxidation sites excluding steroid dienone is 1. The summed E-state index contributed by atoms with van der Waals surface area (Å²) in [7, 11) is 0. The normalized spacial score (nSPS) is 9.14. The van der Waals surface area contributed by atoms with E-state index in [9.17, 15) is 0 Å². The minimum Gasteiger partial charge on any atom is -0.198 e. The smallest absolute Gasteiger partial charge is 0.0663 e. The van der Waals surface area contributed by atoms with E-state index in [0.717, 1.165) is 0 Å². The van der Waals surface area contributed by atoms with Crippen LogP contribution in [0, 0.1) is 11.3 Å². The van der Waals surface area contributed by atoms with E-state index in [2.05, 4.69) is 12.6 Å². The van der Waals surface area contributed by atoms with Crippen LogP contribution in [0.15, 0.2) is 12.2 Å². The summed E-state index contributed by atoms with van der Waals surface area (Å²) in [5, 5.41) is 7.96. The van der Waals surface area contributed by atoms with Crippen molar-refractivity contribution in [3.8, 4) is 6.07 Å². The van der Waals surface area contributed by atoms with Gasteiger partial charge in [-0.05, 0) is 0 Å². The highest BCUT2D eigenvalue weighted by Gasteiger charge is 1.66. The van der Waals surface area contributed by atoms with Crippen LogP contribution >= 0.6 is 12.6 Å². The first-order chi connectivity index (χ1) is 3.41. The van der Waals surface area contributed by atoms with E-state index in [1.807, 2.05) is 6.07 Å². The molecule has 0 fully saturated rings. The lowest BCUT2D eigenvalue weighted by Gasteiger charge is -1.69. The summed E-state index contributed by atoms with van der Waals surface area (Å²) >= 11 is 4.57. The van der Waals surface area contributed by atoms with E-state index in [1.54, 1.807) is 12.2 Å². The van der Waals surface area contributed by atoms with Crippen LogP contribution in [0.1, 0.15) is 6.42 Å². The number of hydrogen-bond donors (Lipinski definition) is 0. The summed E-state index contributed by atoms with van der Waals surface area (Å²) in [6.45, 7) is 0. The molecule has 0 saturated heterocycles. The maximum Gasteiger partial charge on any atom is 0.0663 e. The molecule has 0 unspecified atom stereocenters. The lowest BCUT2D eigenvalue weighted by molar-refractivity contribution is 1.35. The number of hydrogen-bond acceptors (Lipinski definition) is 1. The number of nitrogens with zero attached hydrogens (tertiary/aromatic N) is 1. The fraction of sp³-hybridized carbons (Fsp3) is 0.400. The Hall–Kier alpha value is -0.420. The Morgan fingerprint density at radius 1 is 1.57 bits per heavy atom. The van der Waals surface area contributed by atoms with E-state index in [-0.39, 0.29) is 0 Å². The third kappa shape index (κ3) is 5.58. The molecular formula is C5H6NS. The standard InChI is InChI=1S/C5H6NS/c6-4-2-1-3-5-7/h1,3H,2,5H2. The predicted octanol–water partition coefficient (Wildman–Crippen LogP) is 1.65. The van der Waals surface area contributed by atoms with Gasteiger partial charge < -0.3 is 0 Å². The fourth-order valence-electron chi connectivity index (χ4n) is 0.204. The highest BCUT2D eigenvalue weighted by Crippen LogP contribution is 1.80. The number of nitriles is 1. The zero-order valence-corrected chi connectivity index (χ0v) is 4.74. The van der Waals surface area contributed by atoms with Crippen LogP contribution in [0.3, 0.4) is 0 Å². The summed E-state index contributed by atoms with van der Waals surface area (Å²) in [5.74, 6) is 0.613. The molecule has 0 heterocycles. The molecule has 0 aromatic carbocycles. The Morgan fingerprint density at radius 3 is 2.71 bits per heavy atom. The first kappa shape index (κ1) is 6.58. The van der Waals surface area contributed by atoms with E-state index < -0.39 is 0 Å². The van der Waals surface area contributed by atoms with Crippen LogP contribution in [0.2, 0.25) is 0 Å². The molecule has 0 bridgehead atoms. The number of rotatable bonds is 2. The summed E-state index contributed by atoms with van der Waals surface area (Å²) in [4.78, 5) is 0. The van der Waals surface area contributed by atoms with E-state index in [0.29, 0.717) is 12.2 Å². The van der Waals surface area contributed by atoms with Crippen LogP contribution in [0.5, 0.6) is 0 Å². The van der Waals surface area contributed by atoms with Crippen molar-refractivity contribution in [2.24, 2.45) is 0 Å². The van der Waals surface area contributed by atoms with Gasteiger partial charge in [-0.3, -0.25) is 0 Å². The Morgan fingerprint density at radius 2 is 2.29 bits per heavy atom. The Balaban J connectivity index is 2.97. The van der Waals surface area contributed by atoms with Gasteiger partial charge in [0.2, 0.25) is 0 Å². The van der Waals surface area contributed by atoms with Crippen LogP contribution in [0.4, 0.5) is 0 Å². The summed E-state index contributed by atoms with van der Waals surface area (Å²) in [5.41, 5.74) is 0. The topological polar surface area (TPSA) is 23.8 Å². The van der Waals surface area contributed by atoms with Gasteiger partial charge in [-0.25, -0.2) is 0 Å². The highest BCUT2D eigenvalue weighted by atomic mass is 32.1. The lowest BCUT2D eigenvalue weighted by Crippen LogP contribution is -1.58. The van der Waals surface area contributed by atoms with Gasteiger partial charge in [0.05, 0.1) is 12.5 Å². The second kappa shape index (κ2) is 5.58. The molecule has 0 atom stereocenters. The average Bonchev–Trinajstić information content (AvgIpc) is 1.69. The predicted molar refractivity (Wildman–Crippen MR) is 31.8 cm³/mol. The molecule has 37 valence electrons. The van der Waals surface area contributed by atoms with Crippen LogP contribution in [-0.4, -0.2) is 5.75 Å². The summed E-state index contributed by atoms with van der Waals surface area (Å²) in [6.07, 6.45) is 4.06. The molecule has 0 aromatic heterocycles. The minimum absolute atomic E-state index is 0.483. The van der Waals surface area contributed by atoms with Gasteiger partial charge in [0, 0.05) is 5.75 Å². The van der Waals surface area contributed by atoms with Crippen LogP contribution in [-0.2, 0) is 0 Å². The van der Waals surface area contributed by atoms with Crippen molar-refractivity contribution < 1.29 is 0 Å². The van der Waals surface area contributed by atoms with Crippen LogP contribution < -0.4 is 0 Å². The fourth-order valence-corrected chi connectivity index (χ4v) is 0.340. The zero-order chi connectivity index (χ0) is 5.54. The van der Waals surface area contributed by atoms with Crippen molar-refractivity contribution in [3.63, 3.8) is 0 Å². The molecule has 0 aliphatic heterocycles. The molecule has 0 N–H and O–H groups in total. The van der Waals surface area contributed by atoms with Gasteiger partial charge in [0.1, 0.15) is 0 Å². The molecule has 1 radical (unpaired) electrons. The third-order valence-electron chi connectivity index (χ3n) is 0.472. The van der Waals surface area contributed by atoms with Gasteiger partial charge >= 0.3 is 0 Å². The largest absolute Gasteiger partial charge is 0.198 e. The Kier molecular flexibility index (Phi) is 5.25. The summed E-state index contributed by atoms with van der Waals surface area (Å²) < 4.78 is 0. The molecule has 0 aliphatic carbocycles. The second-order valence-electron chi connectivity index (χ2n) is 1.00. The molecule has 0 spiro atoms. The Labute approximate surface area is 49.1 Å². The van der Waals surface area contributed by atoms with Crippen molar-refractivity contribution in [1.82, 2.24) is 0 Å². The van der Waals surface area contributed by atoms with Crippen molar-refractivity contribution >= 4 is 12.6 Å². The molecule has 0 saturated carbocycles. The first-order valence-corrected chi connectivity index (χ1v) is 2.59. The molecule has 0 aromatic rings. The lowest BCUT2D eigenvalue weighted by atomic mass is 10.4. The zero-order valence-electron chi connectivity index (χ0n) is 3.92. The highest BCUT2D eigenvalue weighted by molar-refractivity contribution is 7.80. The minimum atomic E-state index is 0.483. The third-order valence-corrected chi connectivity index (χ3v) is 0.664. The maximum atomic E-state index is 7.96. The average molecular weight is 112 g/mol.